The highest BCUT2D eigenvalue weighted by Gasteiger charge is 2.34. The largest absolute Gasteiger partial charge is 0.367 e. The summed E-state index contributed by atoms with van der Waals surface area (Å²) in [4.78, 5) is 8.78. The highest BCUT2D eigenvalue weighted by atomic mass is 32.2. The summed E-state index contributed by atoms with van der Waals surface area (Å²) in [5.41, 5.74) is 4.48. The van der Waals surface area contributed by atoms with Crippen LogP contribution in [0.4, 0.5) is 5.69 Å². The Kier molecular flexibility index (Phi) is 5.68. The topological polar surface area (TPSA) is 83.8 Å². The first-order valence-corrected chi connectivity index (χ1v) is 11.7. The van der Waals surface area contributed by atoms with Crippen LogP contribution in [0.25, 0.3) is 10.9 Å². The van der Waals surface area contributed by atoms with Gasteiger partial charge in [-0.05, 0) is 32.5 Å². The normalized spacial score (nSPS) is 19.9. The van der Waals surface area contributed by atoms with Gasteiger partial charge in [0, 0.05) is 63.9 Å². The third-order valence-corrected chi connectivity index (χ3v) is 8.10. The van der Waals surface area contributed by atoms with E-state index in [4.69, 9.17) is 0 Å². The Labute approximate surface area is 178 Å². The quantitative estimate of drug-likeness (QED) is 0.734. The maximum absolute atomic E-state index is 13.1. The van der Waals surface area contributed by atoms with E-state index in [-0.39, 0.29) is 0 Å². The summed E-state index contributed by atoms with van der Waals surface area (Å²) in [6.45, 7) is 8.56. The molecule has 0 N–H and O–H groups in total. The van der Waals surface area contributed by atoms with Gasteiger partial charge in [0.05, 0.1) is 16.8 Å². The zero-order valence-corrected chi connectivity index (χ0v) is 18.6. The monoisotopic (exact) mass is 428 g/mol. The van der Waals surface area contributed by atoms with Crippen molar-refractivity contribution in [1.29, 1.82) is 5.26 Å². The van der Waals surface area contributed by atoms with E-state index in [9.17, 15) is 13.7 Å². The number of benzene rings is 1. The number of anilines is 1. The number of aromatic nitrogens is 1. The van der Waals surface area contributed by atoms with E-state index < -0.39 is 10.2 Å². The van der Waals surface area contributed by atoms with Crippen LogP contribution in [0, 0.1) is 25.2 Å². The molecule has 9 heteroatoms. The molecule has 30 heavy (non-hydrogen) atoms. The Bertz CT molecular complexity index is 1090. The first-order chi connectivity index (χ1) is 14.3. The lowest BCUT2D eigenvalue weighted by molar-refractivity contribution is 0.210. The molecule has 0 radical (unpaired) electrons. The van der Waals surface area contributed by atoms with Crippen LogP contribution in [0.15, 0.2) is 18.3 Å². The van der Waals surface area contributed by atoms with Crippen molar-refractivity contribution in [3.05, 3.63) is 35.0 Å². The minimum Gasteiger partial charge on any atom is -0.367 e. The van der Waals surface area contributed by atoms with E-state index in [0.717, 1.165) is 40.8 Å². The van der Waals surface area contributed by atoms with E-state index in [0.29, 0.717) is 44.8 Å². The first-order valence-electron chi connectivity index (χ1n) is 10.3. The zero-order valence-electron chi connectivity index (χ0n) is 17.8. The third-order valence-electron chi connectivity index (χ3n) is 6.07. The van der Waals surface area contributed by atoms with Crippen molar-refractivity contribution in [2.45, 2.75) is 13.8 Å². The van der Waals surface area contributed by atoms with Crippen LogP contribution in [0.2, 0.25) is 0 Å². The van der Waals surface area contributed by atoms with Crippen LogP contribution in [0.1, 0.15) is 16.7 Å². The van der Waals surface area contributed by atoms with Crippen molar-refractivity contribution in [2.24, 2.45) is 0 Å². The summed E-state index contributed by atoms with van der Waals surface area (Å²) in [5, 5.41) is 10.6. The zero-order chi connectivity index (χ0) is 21.5. The number of aryl methyl sites for hydroxylation is 2. The maximum atomic E-state index is 13.1. The lowest BCUT2D eigenvalue weighted by Crippen LogP contribution is -2.56. The summed E-state index contributed by atoms with van der Waals surface area (Å²) in [5.74, 6) is 0. The third kappa shape index (κ3) is 3.76. The molecule has 4 rings (SSSR count). The predicted molar refractivity (Wildman–Crippen MR) is 118 cm³/mol. The molecule has 8 nitrogen and oxygen atoms in total. The van der Waals surface area contributed by atoms with E-state index in [1.165, 1.54) is 0 Å². The summed E-state index contributed by atoms with van der Waals surface area (Å²) < 4.78 is 29.3. The van der Waals surface area contributed by atoms with Crippen LogP contribution >= 0.6 is 0 Å². The molecule has 1 aromatic carbocycles. The average molecular weight is 429 g/mol. The molecule has 0 atom stereocenters. The Morgan fingerprint density at radius 1 is 0.967 bits per heavy atom. The second-order valence-electron chi connectivity index (χ2n) is 8.21. The molecular formula is C21H28N6O2S. The lowest BCUT2D eigenvalue weighted by atomic mass is 10.0. The number of nitrogens with zero attached hydrogens (tertiary/aromatic N) is 6. The number of nitriles is 1. The van der Waals surface area contributed by atoms with Gasteiger partial charge in [-0.15, -0.1) is 0 Å². The number of piperazine rings is 2. The van der Waals surface area contributed by atoms with Gasteiger partial charge in [-0.25, -0.2) is 0 Å². The number of likely N-dealkylation sites (N-methyl/N-ethyl adjacent to an activating group) is 1. The Hall–Kier alpha value is -2.25. The molecule has 1 aromatic heterocycles. The molecule has 0 spiro atoms. The van der Waals surface area contributed by atoms with Crippen LogP contribution < -0.4 is 4.90 Å². The molecule has 0 bridgehead atoms. The summed E-state index contributed by atoms with van der Waals surface area (Å²) in [6.07, 6.45) is 1.63. The smallest absolute Gasteiger partial charge is 0.282 e. The van der Waals surface area contributed by atoms with Crippen LogP contribution in [0.5, 0.6) is 0 Å². The molecule has 2 aliphatic rings. The molecule has 0 aliphatic carbocycles. The summed E-state index contributed by atoms with van der Waals surface area (Å²) in [6, 6.07) is 6.43. The average Bonchev–Trinajstić information content (AvgIpc) is 2.73. The van der Waals surface area contributed by atoms with Crippen molar-refractivity contribution in [3.63, 3.8) is 0 Å². The second-order valence-corrected chi connectivity index (χ2v) is 10.1. The number of hydrogen-bond donors (Lipinski definition) is 0. The van der Waals surface area contributed by atoms with E-state index in [1.54, 1.807) is 14.8 Å². The van der Waals surface area contributed by atoms with Crippen molar-refractivity contribution in [3.8, 4) is 6.07 Å². The summed E-state index contributed by atoms with van der Waals surface area (Å²) >= 11 is 0. The highest BCUT2D eigenvalue weighted by Crippen LogP contribution is 2.33. The highest BCUT2D eigenvalue weighted by molar-refractivity contribution is 7.86. The first kappa shape index (κ1) is 21.0. The maximum Gasteiger partial charge on any atom is 0.282 e. The van der Waals surface area contributed by atoms with Gasteiger partial charge in [0.1, 0.15) is 6.07 Å². The van der Waals surface area contributed by atoms with Crippen LogP contribution in [-0.2, 0) is 10.2 Å². The number of pyridine rings is 1. The van der Waals surface area contributed by atoms with Crippen molar-refractivity contribution >= 4 is 26.8 Å². The molecule has 0 saturated carbocycles. The van der Waals surface area contributed by atoms with Gasteiger partial charge in [0.2, 0.25) is 0 Å². The molecule has 3 heterocycles. The molecule has 160 valence electrons. The lowest BCUT2D eigenvalue weighted by Gasteiger charge is -2.40. The van der Waals surface area contributed by atoms with Gasteiger partial charge in [-0.1, -0.05) is 11.6 Å². The van der Waals surface area contributed by atoms with E-state index >= 15 is 0 Å². The number of fused-ring (bicyclic) bond motifs is 1. The Morgan fingerprint density at radius 3 is 2.17 bits per heavy atom. The van der Waals surface area contributed by atoms with Crippen molar-refractivity contribution in [1.82, 2.24) is 18.5 Å². The van der Waals surface area contributed by atoms with Gasteiger partial charge in [-0.3, -0.25) is 4.98 Å². The second kappa shape index (κ2) is 8.12. The van der Waals surface area contributed by atoms with Gasteiger partial charge in [0.15, 0.2) is 0 Å². The Morgan fingerprint density at radius 2 is 1.57 bits per heavy atom. The van der Waals surface area contributed by atoms with Crippen LogP contribution in [0.3, 0.4) is 0 Å². The standard InChI is InChI=1S/C21H28N6O2S/c1-16-12-17(2)20-19(13-16)21(18(14-22)15-23-20)25-6-10-27(11-7-25)30(28,29)26-8-4-24(3)5-9-26/h12-13,15H,4-11H2,1-3H3. The molecule has 0 amide bonds. The minimum absolute atomic E-state index is 0.411. The fourth-order valence-corrected chi connectivity index (χ4v) is 5.97. The number of rotatable bonds is 3. The van der Waals surface area contributed by atoms with Gasteiger partial charge in [0.25, 0.3) is 10.2 Å². The van der Waals surface area contributed by atoms with E-state index in [1.807, 2.05) is 20.9 Å². The predicted octanol–water partition coefficient (Wildman–Crippen LogP) is 1.34. The molecule has 2 saturated heterocycles. The SMILES string of the molecule is Cc1cc(C)c2ncc(C#N)c(N3CCN(S(=O)(=O)N4CCN(C)CC4)CC3)c2c1. The van der Waals surface area contributed by atoms with Gasteiger partial charge >= 0.3 is 0 Å². The molecule has 2 aliphatic heterocycles. The molecule has 2 fully saturated rings. The van der Waals surface area contributed by atoms with Gasteiger partial charge < -0.3 is 9.80 Å². The fourth-order valence-electron chi connectivity index (χ4n) is 4.39. The Balaban J connectivity index is 1.59. The fraction of sp³-hybridized carbons (Fsp3) is 0.524. The van der Waals surface area contributed by atoms with Gasteiger partial charge in [-0.2, -0.15) is 22.3 Å². The number of hydrogen-bond acceptors (Lipinski definition) is 6. The molecule has 2 aromatic rings. The van der Waals surface area contributed by atoms with E-state index in [2.05, 4.69) is 33.0 Å². The molecule has 0 unspecified atom stereocenters. The molecular weight excluding hydrogens is 400 g/mol. The minimum atomic E-state index is -3.45. The summed E-state index contributed by atoms with van der Waals surface area (Å²) in [7, 11) is -1.44. The van der Waals surface area contributed by atoms with Crippen molar-refractivity contribution < 1.29 is 8.42 Å². The van der Waals surface area contributed by atoms with Crippen LogP contribution in [-0.4, -0.2) is 86.3 Å². The van der Waals surface area contributed by atoms with Crippen molar-refractivity contribution in [2.75, 3.05) is 64.3 Å².